The highest BCUT2D eigenvalue weighted by atomic mass is 35.5. The minimum atomic E-state index is 0.687. The van der Waals surface area contributed by atoms with Crippen molar-refractivity contribution >= 4 is 29.2 Å². The predicted octanol–water partition coefficient (Wildman–Crippen LogP) is 4.36. The van der Waals surface area contributed by atoms with Crippen molar-refractivity contribution in [1.29, 1.82) is 0 Å². The first kappa shape index (κ1) is 16.5. The topological polar surface area (TPSA) is 37.3 Å². The molecule has 0 atom stereocenters. The fourth-order valence-corrected chi connectivity index (χ4v) is 3.33. The van der Waals surface area contributed by atoms with Gasteiger partial charge in [0.2, 0.25) is 0 Å². The second kappa shape index (κ2) is 6.77. The van der Waals surface area contributed by atoms with Gasteiger partial charge in [0.1, 0.15) is 5.82 Å². The molecule has 2 aromatic carbocycles. The Bertz CT molecular complexity index is 936. The van der Waals surface area contributed by atoms with Gasteiger partial charge in [-0.05, 0) is 48.6 Å². The summed E-state index contributed by atoms with van der Waals surface area (Å²) in [5.41, 5.74) is 3.02. The lowest BCUT2D eigenvalue weighted by Gasteiger charge is -2.35. The first-order valence-corrected chi connectivity index (χ1v) is 8.59. The number of benzene rings is 2. The zero-order valence-electron chi connectivity index (χ0n) is 14.5. The summed E-state index contributed by atoms with van der Waals surface area (Å²) in [6.07, 6.45) is 5.89. The lowest BCUT2D eigenvalue weighted by molar-refractivity contribution is 0.354. The van der Waals surface area contributed by atoms with Gasteiger partial charge in [0.05, 0.1) is 32.1 Å². The van der Waals surface area contributed by atoms with E-state index in [4.69, 9.17) is 21.1 Å². The molecule has 0 saturated heterocycles. The summed E-state index contributed by atoms with van der Waals surface area (Å²) in [6.45, 7) is 0.720. The van der Waals surface area contributed by atoms with Gasteiger partial charge < -0.3 is 9.47 Å². The highest BCUT2D eigenvalue weighted by Crippen LogP contribution is 2.38. The van der Waals surface area contributed by atoms with Crippen LogP contribution in [0.1, 0.15) is 5.56 Å². The third-order valence-corrected chi connectivity index (χ3v) is 4.59. The molecule has 2 aliphatic rings. The highest BCUT2D eigenvalue weighted by Gasteiger charge is 2.30. The van der Waals surface area contributed by atoms with Gasteiger partial charge in [-0.1, -0.05) is 17.7 Å². The van der Waals surface area contributed by atoms with Crippen LogP contribution < -0.4 is 14.5 Å². The molecule has 4 rings (SSSR count). The highest BCUT2D eigenvalue weighted by molar-refractivity contribution is 6.30. The summed E-state index contributed by atoms with van der Waals surface area (Å²) in [5.74, 6) is 2.27. The number of fused-ring (bicyclic) bond motifs is 1. The number of ether oxygens (including phenoxy) is 2. The molecule has 0 aliphatic carbocycles. The van der Waals surface area contributed by atoms with E-state index in [2.05, 4.69) is 21.1 Å². The van der Waals surface area contributed by atoms with Crippen molar-refractivity contribution in [3.63, 3.8) is 0 Å². The molecule has 0 radical (unpaired) electrons. The molecule has 0 spiro atoms. The fraction of sp³-hybridized carbons (Fsp3) is 0.150. The van der Waals surface area contributed by atoms with Crippen LogP contribution in [0.3, 0.4) is 0 Å². The minimum absolute atomic E-state index is 0.687. The number of hydrazine groups is 1. The molecule has 0 N–H and O–H groups in total. The lowest BCUT2D eigenvalue weighted by atomic mass is 10.1. The van der Waals surface area contributed by atoms with E-state index in [1.165, 1.54) is 0 Å². The van der Waals surface area contributed by atoms with E-state index in [9.17, 15) is 0 Å². The molecule has 0 aromatic heterocycles. The minimum Gasteiger partial charge on any atom is -0.493 e. The number of allylic oxidation sites excluding steroid dienone is 1. The Balaban J connectivity index is 1.75. The van der Waals surface area contributed by atoms with Crippen LogP contribution in [0.4, 0.5) is 5.69 Å². The maximum absolute atomic E-state index is 6.19. The number of hydrogen-bond donors (Lipinski definition) is 0. The summed E-state index contributed by atoms with van der Waals surface area (Å²) in [6, 6.07) is 13.7. The van der Waals surface area contributed by atoms with Crippen LogP contribution in [0.5, 0.6) is 11.5 Å². The smallest absolute Gasteiger partial charge is 0.161 e. The number of aliphatic imine (C=N–C) groups is 1. The van der Waals surface area contributed by atoms with Gasteiger partial charge in [0.15, 0.2) is 11.5 Å². The number of hydrogen-bond acceptors (Lipinski definition) is 5. The van der Waals surface area contributed by atoms with Gasteiger partial charge in [0, 0.05) is 16.8 Å². The van der Waals surface area contributed by atoms with E-state index in [0.717, 1.165) is 29.3 Å². The Morgan fingerprint density at radius 3 is 2.65 bits per heavy atom. The van der Waals surface area contributed by atoms with Gasteiger partial charge in [-0.3, -0.25) is 5.01 Å². The van der Waals surface area contributed by atoms with Crippen molar-refractivity contribution in [2.45, 2.75) is 0 Å². The molecular weight excluding hydrogens is 350 g/mol. The van der Waals surface area contributed by atoms with E-state index in [-0.39, 0.29) is 0 Å². The molecule has 0 unspecified atom stereocenters. The first-order valence-electron chi connectivity index (χ1n) is 8.21. The van der Waals surface area contributed by atoms with E-state index < -0.39 is 0 Å². The summed E-state index contributed by atoms with van der Waals surface area (Å²) in [5, 5.41) is 4.93. The Kier molecular flexibility index (Phi) is 4.31. The Morgan fingerprint density at radius 1 is 1.04 bits per heavy atom. The molecule has 2 aromatic rings. The molecular formula is C20H18ClN3O2. The van der Waals surface area contributed by atoms with Crippen LogP contribution in [0.25, 0.3) is 5.70 Å². The SMILES string of the molecule is COc1ccc(C2=CC=NC3=CCN(c4cccc(Cl)c4)N32)cc1OC. The summed E-state index contributed by atoms with van der Waals surface area (Å²) < 4.78 is 10.8. The van der Waals surface area contributed by atoms with Gasteiger partial charge in [-0.15, -0.1) is 0 Å². The predicted molar refractivity (Wildman–Crippen MR) is 105 cm³/mol. The molecule has 5 nitrogen and oxygen atoms in total. The maximum atomic E-state index is 6.19. The van der Waals surface area contributed by atoms with Crippen LogP contribution in [0.2, 0.25) is 5.02 Å². The van der Waals surface area contributed by atoms with Crippen LogP contribution in [-0.2, 0) is 0 Å². The van der Waals surface area contributed by atoms with Crippen molar-refractivity contribution in [2.75, 3.05) is 25.8 Å². The van der Waals surface area contributed by atoms with E-state index in [1.807, 2.05) is 54.8 Å². The molecule has 26 heavy (non-hydrogen) atoms. The first-order chi connectivity index (χ1) is 12.7. The number of halogens is 1. The van der Waals surface area contributed by atoms with Gasteiger partial charge >= 0.3 is 0 Å². The average Bonchev–Trinajstić information content (AvgIpc) is 3.11. The largest absolute Gasteiger partial charge is 0.493 e. The average molecular weight is 368 g/mol. The molecule has 0 saturated carbocycles. The fourth-order valence-electron chi connectivity index (χ4n) is 3.15. The van der Waals surface area contributed by atoms with Gasteiger partial charge in [-0.2, -0.15) is 0 Å². The van der Waals surface area contributed by atoms with Crippen molar-refractivity contribution < 1.29 is 9.47 Å². The van der Waals surface area contributed by atoms with E-state index in [0.29, 0.717) is 16.5 Å². The zero-order valence-corrected chi connectivity index (χ0v) is 15.3. The quantitative estimate of drug-likeness (QED) is 0.804. The van der Waals surface area contributed by atoms with Crippen LogP contribution in [0.15, 0.2) is 65.4 Å². The number of rotatable bonds is 4. The lowest BCUT2D eigenvalue weighted by Crippen LogP contribution is -2.37. The van der Waals surface area contributed by atoms with Gasteiger partial charge in [0.25, 0.3) is 0 Å². The monoisotopic (exact) mass is 367 g/mol. The zero-order chi connectivity index (χ0) is 18.1. The van der Waals surface area contributed by atoms with Crippen LogP contribution in [0, 0.1) is 0 Å². The third-order valence-electron chi connectivity index (χ3n) is 4.36. The van der Waals surface area contributed by atoms with Crippen LogP contribution >= 0.6 is 11.6 Å². The Hall–Kier alpha value is -2.92. The summed E-state index contributed by atoms with van der Waals surface area (Å²) >= 11 is 6.19. The molecule has 132 valence electrons. The Labute approximate surface area is 157 Å². The van der Waals surface area contributed by atoms with E-state index in [1.54, 1.807) is 14.2 Å². The van der Waals surface area contributed by atoms with Crippen molar-refractivity contribution in [3.8, 4) is 11.5 Å². The van der Waals surface area contributed by atoms with Gasteiger partial charge in [-0.25, -0.2) is 10.0 Å². The number of anilines is 1. The van der Waals surface area contributed by atoms with Crippen molar-refractivity contribution in [3.05, 3.63) is 71.0 Å². The maximum Gasteiger partial charge on any atom is 0.161 e. The second-order valence-corrected chi connectivity index (χ2v) is 6.27. The standard InChI is InChI=1S/C20H18ClN3O2/c1-25-18-7-6-14(12-19(18)26-2)17-8-10-22-20-9-11-23(24(17)20)16-5-3-4-15(21)13-16/h3-10,12-13H,11H2,1-2H3. The number of nitrogens with zero attached hydrogens (tertiary/aromatic N) is 3. The van der Waals surface area contributed by atoms with Crippen molar-refractivity contribution in [1.82, 2.24) is 5.01 Å². The molecule has 6 heteroatoms. The van der Waals surface area contributed by atoms with Crippen LogP contribution in [-0.4, -0.2) is 32.0 Å². The molecule has 0 fully saturated rings. The van der Waals surface area contributed by atoms with Crippen molar-refractivity contribution in [2.24, 2.45) is 4.99 Å². The van der Waals surface area contributed by atoms with E-state index >= 15 is 0 Å². The Morgan fingerprint density at radius 2 is 1.88 bits per heavy atom. The molecule has 2 aliphatic heterocycles. The number of methoxy groups -OCH3 is 2. The third kappa shape index (κ3) is 2.80. The summed E-state index contributed by atoms with van der Waals surface area (Å²) in [7, 11) is 3.27. The second-order valence-electron chi connectivity index (χ2n) is 5.84. The molecule has 0 amide bonds. The normalized spacial score (nSPS) is 15.5. The molecule has 2 heterocycles. The molecule has 0 bridgehead atoms. The summed E-state index contributed by atoms with van der Waals surface area (Å²) in [4.78, 5) is 4.50.